The molecule has 114 valence electrons. The summed E-state index contributed by atoms with van der Waals surface area (Å²) in [7, 11) is 0. The summed E-state index contributed by atoms with van der Waals surface area (Å²) in [5.74, 6) is -1.99. The second-order valence-electron chi connectivity index (χ2n) is 6.44. The highest BCUT2D eigenvalue weighted by Crippen LogP contribution is 2.43. The van der Waals surface area contributed by atoms with Crippen LogP contribution in [-0.4, -0.2) is 23.8 Å². The molecule has 0 amide bonds. The molecule has 1 unspecified atom stereocenters. The third-order valence-corrected chi connectivity index (χ3v) is 3.52. The summed E-state index contributed by atoms with van der Waals surface area (Å²) < 4.78 is 32.3. The maximum atomic E-state index is 13.6. The molecule has 1 aliphatic carbocycles. The number of halogens is 2. The van der Waals surface area contributed by atoms with Gasteiger partial charge in [0.1, 0.15) is 5.60 Å². The minimum absolute atomic E-state index is 0.187. The Morgan fingerprint density at radius 2 is 1.95 bits per heavy atom. The lowest BCUT2D eigenvalue weighted by Crippen LogP contribution is -2.47. The number of benzene rings is 1. The molecule has 0 saturated carbocycles. The average Bonchev–Trinajstić information content (AvgIpc) is 2.61. The number of ether oxygens (including phenoxy) is 1. The first-order valence-corrected chi connectivity index (χ1v) is 6.74. The largest absolute Gasteiger partial charge is 0.459 e. The molecule has 0 heterocycles. The number of hydrogen-bond donors (Lipinski definition) is 0. The Hall–Kier alpha value is -1.78. The second kappa shape index (κ2) is 4.90. The first-order chi connectivity index (χ1) is 9.58. The molecule has 3 nitrogen and oxygen atoms in total. The summed E-state index contributed by atoms with van der Waals surface area (Å²) in [5.41, 5.74) is -1.82. The fourth-order valence-corrected chi connectivity index (χ4v) is 2.51. The van der Waals surface area contributed by atoms with E-state index in [0.717, 1.165) is 5.56 Å². The van der Waals surface area contributed by atoms with Crippen LogP contribution >= 0.6 is 0 Å². The number of Topliss-reactive ketones (excluding diaryl/α,β-unsaturated/α-hetero) is 1. The first-order valence-electron chi connectivity index (χ1n) is 6.74. The molecule has 1 aromatic carbocycles. The van der Waals surface area contributed by atoms with Gasteiger partial charge in [-0.25, -0.2) is 8.78 Å². The minimum atomic E-state index is -3.10. The van der Waals surface area contributed by atoms with Crippen molar-refractivity contribution in [1.29, 1.82) is 0 Å². The second-order valence-corrected chi connectivity index (χ2v) is 6.44. The van der Waals surface area contributed by atoms with Crippen molar-refractivity contribution in [3.05, 3.63) is 34.9 Å². The summed E-state index contributed by atoms with van der Waals surface area (Å²) >= 11 is 0. The van der Waals surface area contributed by atoms with E-state index in [1.807, 2.05) is 0 Å². The average molecular weight is 296 g/mol. The molecule has 0 radical (unpaired) electrons. The molecule has 0 N–H and O–H groups in total. The van der Waals surface area contributed by atoms with Crippen LogP contribution in [0.3, 0.4) is 0 Å². The summed E-state index contributed by atoms with van der Waals surface area (Å²) in [4.78, 5) is 24.7. The van der Waals surface area contributed by atoms with Crippen molar-refractivity contribution in [1.82, 2.24) is 0 Å². The molecule has 0 spiro atoms. The smallest absolute Gasteiger partial charge is 0.326 e. The Kier molecular flexibility index (Phi) is 3.64. The van der Waals surface area contributed by atoms with Gasteiger partial charge in [-0.1, -0.05) is 23.8 Å². The van der Waals surface area contributed by atoms with Crippen molar-refractivity contribution in [3.63, 3.8) is 0 Å². The number of alkyl halides is 2. The van der Waals surface area contributed by atoms with Gasteiger partial charge in [-0.15, -0.1) is 0 Å². The number of aryl methyl sites for hydroxylation is 1. The Balaban J connectivity index is 2.47. The first kappa shape index (κ1) is 15.6. The number of carbonyl (C=O) groups is 2. The van der Waals surface area contributed by atoms with E-state index in [1.54, 1.807) is 39.8 Å². The predicted molar refractivity (Wildman–Crippen MR) is 73.5 cm³/mol. The lowest BCUT2D eigenvalue weighted by molar-refractivity contribution is -0.171. The van der Waals surface area contributed by atoms with Gasteiger partial charge in [0.15, 0.2) is 11.2 Å². The van der Waals surface area contributed by atoms with Crippen LogP contribution in [0, 0.1) is 12.3 Å². The number of hydrogen-bond acceptors (Lipinski definition) is 3. The number of carbonyl (C=O) groups excluding carboxylic acids is 2. The van der Waals surface area contributed by atoms with Gasteiger partial charge in [-0.3, -0.25) is 9.59 Å². The summed E-state index contributed by atoms with van der Waals surface area (Å²) in [6, 6.07) is 4.84. The van der Waals surface area contributed by atoms with Gasteiger partial charge in [0.2, 0.25) is 0 Å². The van der Waals surface area contributed by atoms with E-state index in [9.17, 15) is 18.4 Å². The molecular weight excluding hydrogens is 278 g/mol. The standard InChI is InChI=1S/C16H18F2O3/c1-9-5-6-11-10(7-9)8-16(12(11)19,13(17)18)14(20)21-15(2,3)4/h5-7,13H,8H2,1-4H3. The topological polar surface area (TPSA) is 43.4 Å². The van der Waals surface area contributed by atoms with Gasteiger partial charge >= 0.3 is 5.97 Å². The molecule has 0 saturated heterocycles. The summed E-state index contributed by atoms with van der Waals surface area (Å²) in [6.07, 6.45) is -3.41. The van der Waals surface area contributed by atoms with Crippen LogP contribution in [0.4, 0.5) is 8.78 Å². The summed E-state index contributed by atoms with van der Waals surface area (Å²) in [5, 5.41) is 0. The predicted octanol–water partition coefficient (Wildman–Crippen LogP) is 3.33. The zero-order valence-corrected chi connectivity index (χ0v) is 12.5. The monoisotopic (exact) mass is 296 g/mol. The van der Waals surface area contributed by atoms with E-state index < -0.39 is 29.2 Å². The van der Waals surface area contributed by atoms with Crippen LogP contribution in [0.25, 0.3) is 0 Å². The molecule has 0 fully saturated rings. The molecule has 0 aliphatic heterocycles. The van der Waals surface area contributed by atoms with Crippen molar-refractivity contribution in [2.24, 2.45) is 5.41 Å². The highest BCUT2D eigenvalue weighted by molar-refractivity contribution is 6.16. The Labute approximate surface area is 122 Å². The number of ketones is 1. The lowest BCUT2D eigenvalue weighted by Gasteiger charge is -2.29. The molecule has 1 aromatic rings. The van der Waals surface area contributed by atoms with Crippen molar-refractivity contribution >= 4 is 11.8 Å². The molecule has 0 bridgehead atoms. The van der Waals surface area contributed by atoms with Crippen LogP contribution in [0.1, 0.15) is 42.3 Å². The van der Waals surface area contributed by atoms with Gasteiger partial charge in [-0.05, 0) is 33.3 Å². The zero-order chi connectivity index (χ0) is 16.0. The Bertz CT molecular complexity index is 602. The van der Waals surface area contributed by atoms with Gasteiger partial charge in [-0.2, -0.15) is 0 Å². The molecule has 1 atom stereocenters. The van der Waals surface area contributed by atoms with E-state index in [2.05, 4.69) is 0 Å². The lowest BCUT2D eigenvalue weighted by atomic mass is 9.84. The van der Waals surface area contributed by atoms with Gasteiger partial charge < -0.3 is 4.74 Å². The quantitative estimate of drug-likeness (QED) is 0.621. The van der Waals surface area contributed by atoms with Crippen LogP contribution in [-0.2, 0) is 16.0 Å². The SMILES string of the molecule is Cc1ccc2c(c1)CC(C(=O)OC(C)(C)C)(C(F)F)C2=O. The molecule has 21 heavy (non-hydrogen) atoms. The van der Waals surface area contributed by atoms with Crippen molar-refractivity contribution in [3.8, 4) is 0 Å². The van der Waals surface area contributed by atoms with E-state index in [0.29, 0.717) is 5.56 Å². The van der Waals surface area contributed by atoms with Crippen LogP contribution in [0.5, 0.6) is 0 Å². The van der Waals surface area contributed by atoms with Crippen molar-refractivity contribution < 1.29 is 23.1 Å². The number of fused-ring (bicyclic) bond motifs is 1. The van der Waals surface area contributed by atoms with E-state index in [-0.39, 0.29) is 12.0 Å². The molecule has 5 heteroatoms. The van der Waals surface area contributed by atoms with E-state index in [4.69, 9.17) is 4.74 Å². The maximum absolute atomic E-state index is 13.6. The van der Waals surface area contributed by atoms with Crippen molar-refractivity contribution in [2.75, 3.05) is 0 Å². The van der Waals surface area contributed by atoms with Crippen LogP contribution in [0.2, 0.25) is 0 Å². The third kappa shape index (κ3) is 2.57. The Morgan fingerprint density at radius 1 is 1.33 bits per heavy atom. The maximum Gasteiger partial charge on any atom is 0.326 e. The fourth-order valence-electron chi connectivity index (χ4n) is 2.51. The molecule has 2 rings (SSSR count). The minimum Gasteiger partial charge on any atom is -0.459 e. The zero-order valence-electron chi connectivity index (χ0n) is 12.5. The van der Waals surface area contributed by atoms with E-state index in [1.165, 1.54) is 6.07 Å². The molecular formula is C16H18F2O3. The highest BCUT2D eigenvalue weighted by Gasteiger charge is 2.60. The number of esters is 1. The van der Waals surface area contributed by atoms with Crippen molar-refractivity contribution in [2.45, 2.75) is 46.1 Å². The Morgan fingerprint density at radius 3 is 2.48 bits per heavy atom. The van der Waals surface area contributed by atoms with Gasteiger partial charge in [0, 0.05) is 12.0 Å². The van der Waals surface area contributed by atoms with Gasteiger partial charge in [0.25, 0.3) is 6.43 Å². The number of rotatable bonds is 2. The molecule has 0 aromatic heterocycles. The van der Waals surface area contributed by atoms with Crippen LogP contribution < -0.4 is 0 Å². The van der Waals surface area contributed by atoms with Crippen LogP contribution in [0.15, 0.2) is 18.2 Å². The van der Waals surface area contributed by atoms with Gasteiger partial charge in [0.05, 0.1) is 0 Å². The van der Waals surface area contributed by atoms with E-state index >= 15 is 0 Å². The summed E-state index contributed by atoms with van der Waals surface area (Å²) in [6.45, 7) is 6.56. The molecule has 1 aliphatic rings. The normalized spacial score (nSPS) is 21.6. The fraction of sp³-hybridized carbons (Fsp3) is 0.500. The third-order valence-electron chi connectivity index (χ3n) is 3.52. The highest BCUT2D eigenvalue weighted by atomic mass is 19.3.